The van der Waals surface area contributed by atoms with Crippen molar-refractivity contribution in [3.05, 3.63) is 29.3 Å². The molecule has 2 atom stereocenters. The maximum absolute atomic E-state index is 11.4. The molecule has 0 radical (unpaired) electrons. The van der Waals surface area contributed by atoms with E-state index in [-0.39, 0.29) is 36.9 Å². The van der Waals surface area contributed by atoms with Gasteiger partial charge < -0.3 is 14.6 Å². The lowest BCUT2D eigenvalue weighted by Gasteiger charge is -2.28. The van der Waals surface area contributed by atoms with Crippen LogP contribution in [0.5, 0.6) is 0 Å². The van der Waals surface area contributed by atoms with Gasteiger partial charge in [-0.15, -0.1) is 0 Å². The Morgan fingerprint density at radius 1 is 1.25 bits per heavy atom. The Hall–Kier alpha value is -0.990. The number of benzene rings is 1. The molecule has 0 aromatic heterocycles. The smallest absolute Gasteiger partial charge is 0.294 e. The van der Waals surface area contributed by atoms with Gasteiger partial charge in [-0.2, -0.15) is 8.42 Å². The highest BCUT2D eigenvalue weighted by Gasteiger charge is 2.24. The van der Waals surface area contributed by atoms with Crippen molar-refractivity contribution in [3.63, 3.8) is 0 Å². The summed E-state index contributed by atoms with van der Waals surface area (Å²) in [6.07, 6.45) is -0.292. The molecule has 1 heterocycles. The molecule has 0 amide bonds. The predicted octanol–water partition coefficient (Wildman–Crippen LogP) is 0.561. The Labute approximate surface area is 118 Å². The molecule has 0 bridgehead atoms. The third kappa shape index (κ3) is 3.77. The van der Waals surface area contributed by atoms with Gasteiger partial charge in [-0.25, -0.2) is 0 Å². The summed E-state index contributed by atoms with van der Waals surface area (Å²) in [7, 11) is -4.25. The minimum atomic E-state index is -4.25. The van der Waals surface area contributed by atoms with Crippen molar-refractivity contribution in [1.82, 2.24) is 0 Å². The summed E-state index contributed by atoms with van der Waals surface area (Å²) >= 11 is 0. The molecule has 1 aromatic rings. The van der Waals surface area contributed by atoms with Gasteiger partial charge in [0.1, 0.15) is 6.10 Å². The zero-order valence-corrected chi connectivity index (χ0v) is 12.0. The Bertz CT molecular complexity index is 560. The van der Waals surface area contributed by atoms with E-state index < -0.39 is 10.1 Å². The lowest BCUT2D eigenvalue weighted by Crippen LogP contribution is -2.38. The third-order valence-corrected chi connectivity index (χ3v) is 4.13. The van der Waals surface area contributed by atoms with Gasteiger partial charge in [0.25, 0.3) is 10.1 Å². The van der Waals surface area contributed by atoms with Crippen molar-refractivity contribution in [1.29, 1.82) is 0 Å². The summed E-state index contributed by atoms with van der Waals surface area (Å²) in [6, 6.07) is 4.73. The second-order valence-corrected chi connectivity index (χ2v) is 6.27. The van der Waals surface area contributed by atoms with Gasteiger partial charge in [0, 0.05) is 6.42 Å². The SMILES string of the molecule is Cc1ccc(S(=O)(=O)O)c(CC2COC(CO)CO2)c1. The number of aliphatic hydroxyl groups excluding tert-OH is 1. The zero-order chi connectivity index (χ0) is 14.8. The molecule has 112 valence electrons. The molecule has 1 aromatic carbocycles. The van der Waals surface area contributed by atoms with Gasteiger partial charge >= 0.3 is 0 Å². The van der Waals surface area contributed by atoms with Crippen LogP contribution in [0.25, 0.3) is 0 Å². The van der Waals surface area contributed by atoms with Crippen LogP contribution in [-0.4, -0.2) is 50.1 Å². The maximum atomic E-state index is 11.4. The van der Waals surface area contributed by atoms with Gasteiger partial charge in [0.15, 0.2) is 0 Å². The molecule has 2 rings (SSSR count). The van der Waals surface area contributed by atoms with Crippen molar-refractivity contribution in [2.24, 2.45) is 0 Å². The molecule has 0 aliphatic carbocycles. The Morgan fingerprint density at radius 2 is 1.90 bits per heavy atom. The summed E-state index contributed by atoms with van der Waals surface area (Å²) in [5.41, 5.74) is 1.40. The molecule has 0 spiro atoms. The number of hydrogen-bond donors (Lipinski definition) is 2. The number of rotatable bonds is 4. The van der Waals surface area contributed by atoms with Gasteiger partial charge in [0.05, 0.1) is 30.8 Å². The number of ether oxygens (including phenoxy) is 2. The van der Waals surface area contributed by atoms with Gasteiger partial charge in [-0.05, 0) is 18.6 Å². The highest BCUT2D eigenvalue weighted by Crippen LogP contribution is 2.21. The standard InChI is InChI=1S/C13H18O6S/c1-9-2-3-13(20(15,16)17)10(4-9)5-11-7-19-12(6-14)8-18-11/h2-4,11-12,14H,5-8H2,1H3,(H,15,16,17). The lowest BCUT2D eigenvalue weighted by molar-refractivity contribution is -0.144. The van der Waals surface area contributed by atoms with Crippen LogP contribution in [0.2, 0.25) is 0 Å². The average molecular weight is 302 g/mol. The number of hydrogen-bond acceptors (Lipinski definition) is 5. The van der Waals surface area contributed by atoms with E-state index in [9.17, 15) is 13.0 Å². The number of aryl methyl sites for hydroxylation is 1. The Balaban J connectivity index is 2.15. The minimum absolute atomic E-state index is 0.101. The van der Waals surface area contributed by atoms with Crippen molar-refractivity contribution in [2.75, 3.05) is 19.8 Å². The van der Waals surface area contributed by atoms with Crippen molar-refractivity contribution >= 4 is 10.1 Å². The molecule has 1 aliphatic rings. The number of aliphatic hydroxyl groups is 1. The van der Waals surface area contributed by atoms with E-state index in [2.05, 4.69) is 0 Å². The molecule has 7 heteroatoms. The Morgan fingerprint density at radius 3 is 2.45 bits per heavy atom. The van der Waals surface area contributed by atoms with E-state index in [0.29, 0.717) is 12.0 Å². The van der Waals surface area contributed by atoms with Crippen LogP contribution in [0.4, 0.5) is 0 Å². The van der Waals surface area contributed by atoms with Crippen molar-refractivity contribution < 1.29 is 27.6 Å². The first-order valence-electron chi connectivity index (χ1n) is 6.31. The molecule has 2 N–H and O–H groups in total. The molecule has 1 saturated heterocycles. The van der Waals surface area contributed by atoms with E-state index in [1.54, 1.807) is 12.1 Å². The zero-order valence-electron chi connectivity index (χ0n) is 11.2. The maximum Gasteiger partial charge on any atom is 0.294 e. The molecule has 2 unspecified atom stereocenters. The third-order valence-electron chi connectivity index (χ3n) is 3.18. The van der Waals surface area contributed by atoms with Crippen LogP contribution < -0.4 is 0 Å². The summed E-state index contributed by atoms with van der Waals surface area (Å²) in [5.74, 6) is 0. The fraction of sp³-hybridized carbons (Fsp3) is 0.538. The van der Waals surface area contributed by atoms with Crippen LogP contribution in [0.3, 0.4) is 0 Å². The topological polar surface area (TPSA) is 93.1 Å². The molecular weight excluding hydrogens is 284 g/mol. The first kappa shape index (κ1) is 15.4. The lowest BCUT2D eigenvalue weighted by atomic mass is 10.1. The molecule has 1 fully saturated rings. The summed E-state index contributed by atoms with van der Waals surface area (Å²) in [6.45, 7) is 2.29. The molecule has 1 aliphatic heterocycles. The summed E-state index contributed by atoms with van der Waals surface area (Å²) in [5, 5.41) is 8.94. The van der Waals surface area contributed by atoms with Crippen LogP contribution in [0.15, 0.2) is 23.1 Å². The van der Waals surface area contributed by atoms with E-state index in [4.69, 9.17) is 14.6 Å². The quantitative estimate of drug-likeness (QED) is 0.790. The van der Waals surface area contributed by atoms with E-state index in [1.165, 1.54) is 6.07 Å². The highest BCUT2D eigenvalue weighted by atomic mass is 32.2. The second-order valence-electron chi connectivity index (χ2n) is 4.88. The van der Waals surface area contributed by atoms with Crippen LogP contribution in [-0.2, 0) is 26.0 Å². The van der Waals surface area contributed by atoms with Crippen LogP contribution in [0.1, 0.15) is 11.1 Å². The summed E-state index contributed by atoms with van der Waals surface area (Å²) in [4.78, 5) is -0.101. The fourth-order valence-corrected chi connectivity index (χ4v) is 2.88. The van der Waals surface area contributed by atoms with E-state index in [1.807, 2.05) is 6.92 Å². The largest absolute Gasteiger partial charge is 0.394 e. The van der Waals surface area contributed by atoms with Crippen LogP contribution >= 0.6 is 0 Å². The highest BCUT2D eigenvalue weighted by molar-refractivity contribution is 7.85. The average Bonchev–Trinajstić information content (AvgIpc) is 2.38. The predicted molar refractivity (Wildman–Crippen MR) is 71.3 cm³/mol. The second kappa shape index (κ2) is 6.19. The van der Waals surface area contributed by atoms with E-state index in [0.717, 1.165) is 5.56 Å². The normalized spacial score (nSPS) is 23.8. The van der Waals surface area contributed by atoms with Crippen molar-refractivity contribution in [2.45, 2.75) is 30.4 Å². The molecule has 6 nitrogen and oxygen atoms in total. The summed E-state index contributed by atoms with van der Waals surface area (Å²) < 4.78 is 42.9. The Kier molecular flexibility index (Phi) is 4.77. The first-order valence-corrected chi connectivity index (χ1v) is 7.75. The first-order chi connectivity index (χ1) is 9.40. The van der Waals surface area contributed by atoms with Gasteiger partial charge in [-0.3, -0.25) is 4.55 Å². The molecule has 0 saturated carbocycles. The van der Waals surface area contributed by atoms with E-state index >= 15 is 0 Å². The van der Waals surface area contributed by atoms with Gasteiger partial charge in [-0.1, -0.05) is 17.7 Å². The van der Waals surface area contributed by atoms with Crippen LogP contribution in [0, 0.1) is 6.92 Å². The van der Waals surface area contributed by atoms with Gasteiger partial charge in [0.2, 0.25) is 0 Å². The monoisotopic (exact) mass is 302 g/mol. The molecule has 20 heavy (non-hydrogen) atoms. The minimum Gasteiger partial charge on any atom is -0.394 e. The molecular formula is C13H18O6S. The van der Waals surface area contributed by atoms with Crippen molar-refractivity contribution in [3.8, 4) is 0 Å². The fourth-order valence-electron chi connectivity index (χ4n) is 2.17.